The van der Waals surface area contributed by atoms with Crippen LogP contribution in [-0.4, -0.2) is 37.7 Å². The first-order chi connectivity index (χ1) is 12.1. The lowest BCUT2D eigenvalue weighted by atomic mass is 9.74. The molecule has 0 bridgehead atoms. The van der Waals surface area contributed by atoms with E-state index >= 15 is 0 Å². The SMILES string of the molecule is CNc1ncccc1C(=O)NCC1(c2ccc(F)cc2)CCOCC1. The molecule has 1 fully saturated rings. The third-order valence-electron chi connectivity index (χ3n) is 4.78. The molecule has 0 unspecified atom stereocenters. The number of aromatic nitrogens is 1. The number of rotatable bonds is 5. The molecule has 0 radical (unpaired) electrons. The molecule has 0 saturated carbocycles. The predicted molar refractivity (Wildman–Crippen MR) is 94.2 cm³/mol. The summed E-state index contributed by atoms with van der Waals surface area (Å²) in [6.07, 6.45) is 3.21. The van der Waals surface area contributed by atoms with Gasteiger partial charge in [0.25, 0.3) is 5.91 Å². The standard InChI is InChI=1S/C19H22FN3O2/c1-21-17-16(3-2-10-22-17)18(24)23-13-19(8-11-25-12-9-19)14-4-6-15(20)7-5-14/h2-7,10H,8-9,11-13H2,1H3,(H,21,22)(H,23,24). The highest BCUT2D eigenvalue weighted by Gasteiger charge is 2.35. The molecule has 0 aliphatic carbocycles. The number of halogens is 1. The Hall–Kier alpha value is -2.47. The van der Waals surface area contributed by atoms with Gasteiger partial charge in [-0.3, -0.25) is 4.79 Å². The lowest BCUT2D eigenvalue weighted by Crippen LogP contribution is -2.44. The van der Waals surface area contributed by atoms with E-state index in [2.05, 4.69) is 15.6 Å². The van der Waals surface area contributed by atoms with Gasteiger partial charge in [-0.05, 0) is 42.7 Å². The van der Waals surface area contributed by atoms with Crippen LogP contribution in [0.1, 0.15) is 28.8 Å². The molecule has 1 aliphatic heterocycles. The Labute approximate surface area is 146 Å². The molecule has 2 heterocycles. The Kier molecular flexibility index (Phi) is 5.28. The van der Waals surface area contributed by atoms with Gasteiger partial charge in [0.2, 0.25) is 0 Å². The fourth-order valence-electron chi connectivity index (χ4n) is 3.27. The number of carbonyl (C=O) groups is 1. The van der Waals surface area contributed by atoms with Crippen molar-refractivity contribution in [2.75, 3.05) is 32.1 Å². The quantitative estimate of drug-likeness (QED) is 0.876. The number of nitrogens with one attached hydrogen (secondary N) is 2. The largest absolute Gasteiger partial charge is 0.381 e. The van der Waals surface area contributed by atoms with Crippen LogP contribution in [0.3, 0.4) is 0 Å². The third kappa shape index (κ3) is 3.79. The Morgan fingerprint density at radius 3 is 2.64 bits per heavy atom. The van der Waals surface area contributed by atoms with Gasteiger partial charge in [0, 0.05) is 38.4 Å². The highest BCUT2D eigenvalue weighted by atomic mass is 19.1. The number of nitrogens with zero attached hydrogens (tertiary/aromatic N) is 1. The van der Waals surface area contributed by atoms with Gasteiger partial charge in [0.1, 0.15) is 11.6 Å². The maximum Gasteiger partial charge on any atom is 0.255 e. The van der Waals surface area contributed by atoms with Crippen LogP contribution in [0.4, 0.5) is 10.2 Å². The van der Waals surface area contributed by atoms with Gasteiger partial charge in [-0.25, -0.2) is 9.37 Å². The molecule has 0 atom stereocenters. The summed E-state index contributed by atoms with van der Waals surface area (Å²) in [6.45, 7) is 1.72. The van der Waals surface area contributed by atoms with Crippen molar-refractivity contribution in [2.24, 2.45) is 0 Å². The Bertz CT molecular complexity index is 728. The van der Waals surface area contributed by atoms with Crippen molar-refractivity contribution < 1.29 is 13.9 Å². The van der Waals surface area contributed by atoms with Gasteiger partial charge >= 0.3 is 0 Å². The highest BCUT2D eigenvalue weighted by Crippen LogP contribution is 2.34. The molecule has 1 aliphatic rings. The first-order valence-electron chi connectivity index (χ1n) is 8.39. The minimum Gasteiger partial charge on any atom is -0.381 e. The van der Waals surface area contributed by atoms with Gasteiger partial charge in [0.15, 0.2) is 0 Å². The predicted octanol–water partition coefficient (Wildman–Crippen LogP) is 2.74. The van der Waals surface area contributed by atoms with Crippen LogP contribution in [0, 0.1) is 5.82 Å². The van der Waals surface area contributed by atoms with Crippen molar-refractivity contribution >= 4 is 11.7 Å². The molecule has 3 rings (SSSR count). The van der Waals surface area contributed by atoms with Crippen LogP contribution in [0.5, 0.6) is 0 Å². The first-order valence-corrected chi connectivity index (χ1v) is 8.39. The zero-order valence-electron chi connectivity index (χ0n) is 14.2. The smallest absolute Gasteiger partial charge is 0.255 e. The van der Waals surface area contributed by atoms with Crippen molar-refractivity contribution in [2.45, 2.75) is 18.3 Å². The number of anilines is 1. The summed E-state index contributed by atoms with van der Waals surface area (Å²) in [5, 5.41) is 5.96. The van der Waals surface area contributed by atoms with E-state index in [1.54, 1.807) is 37.5 Å². The molecule has 2 aromatic rings. The molecule has 25 heavy (non-hydrogen) atoms. The topological polar surface area (TPSA) is 63.2 Å². The van der Waals surface area contributed by atoms with Crippen LogP contribution in [-0.2, 0) is 10.2 Å². The zero-order valence-corrected chi connectivity index (χ0v) is 14.2. The number of hydrogen-bond acceptors (Lipinski definition) is 4. The average Bonchev–Trinajstić information content (AvgIpc) is 2.67. The van der Waals surface area contributed by atoms with E-state index in [1.165, 1.54) is 12.1 Å². The van der Waals surface area contributed by atoms with Crippen LogP contribution in [0.2, 0.25) is 0 Å². The van der Waals surface area contributed by atoms with E-state index in [0.717, 1.165) is 18.4 Å². The van der Waals surface area contributed by atoms with Crippen LogP contribution < -0.4 is 10.6 Å². The maximum absolute atomic E-state index is 13.3. The molecule has 1 amide bonds. The van der Waals surface area contributed by atoms with E-state index in [0.29, 0.717) is 31.1 Å². The van der Waals surface area contributed by atoms with E-state index in [1.807, 2.05) is 0 Å². The van der Waals surface area contributed by atoms with Crippen LogP contribution >= 0.6 is 0 Å². The lowest BCUT2D eigenvalue weighted by molar-refractivity contribution is 0.0487. The molecular formula is C19H22FN3O2. The van der Waals surface area contributed by atoms with Crippen molar-refractivity contribution in [1.29, 1.82) is 0 Å². The van der Waals surface area contributed by atoms with Crippen LogP contribution in [0.25, 0.3) is 0 Å². The maximum atomic E-state index is 13.3. The third-order valence-corrected chi connectivity index (χ3v) is 4.78. The Balaban J connectivity index is 1.79. The zero-order chi connectivity index (χ0) is 17.7. The molecule has 1 saturated heterocycles. The second-order valence-corrected chi connectivity index (χ2v) is 6.23. The van der Waals surface area contributed by atoms with Crippen LogP contribution in [0.15, 0.2) is 42.6 Å². The molecule has 2 N–H and O–H groups in total. The Morgan fingerprint density at radius 2 is 1.96 bits per heavy atom. The van der Waals surface area contributed by atoms with E-state index < -0.39 is 0 Å². The van der Waals surface area contributed by atoms with E-state index in [4.69, 9.17) is 4.74 Å². The molecule has 132 valence electrons. The van der Waals surface area contributed by atoms with E-state index in [-0.39, 0.29) is 17.1 Å². The number of pyridine rings is 1. The van der Waals surface area contributed by atoms with E-state index in [9.17, 15) is 9.18 Å². The van der Waals surface area contributed by atoms with Crippen molar-refractivity contribution in [3.05, 3.63) is 59.5 Å². The van der Waals surface area contributed by atoms with Gasteiger partial charge in [0.05, 0.1) is 5.56 Å². The van der Waals surface area contributed by atoms with Gasteiger partial charge in [-0.2, -0.15) is 0 Å². The second-order valence-electron chi connectivity index (χ2n) is 6.23. The van der Waals surface area contributed by atoms with Crippen molar-refractivity contribution in [1.82, 2.24) is 10.3 Å². The molecule has 0 spiro atoms. The van der Waals surface area contributed by atoms with Gasteiger partial charge in [-0.15, -0.1) is 0 Å². The second kappa shape index (κ2) is 7.61. The van der Waals surface area contributed by atoms with Gasteiger partial charge < -0.3 is 15.4 Å². The molecule has 6 heteroatoms. The number of amides is 1. The number of ether oxygens (including phenoxy) is 1. The summed E-state index contributed by atoms with van der Waals surface area (Å²) in [5.74, 6) is 0.109. The first kappa shape index (κ1) is 17.4. The molecular weight excluding hydrogens is 321 g/mol. The fourth-order valence-corrected chi connectivity index (χ4v) is 3.27. The summed E-state index contributed by atoms with van der Waals surface area (Å²) in [7, 11) is 1.73. The Morgan fingerprint density at radius 1 is 1.24 bits per heavy atom. The monoisotopic (exact) mass is 343 g/mol. The molecule has 5 nitrogen and oxygen atoms in total. The highest BCUT2D eigenvalue weighted by molar-refractivity contribution is 5.98. The minimum absolute atomic E-state index is 0.176. The van der Waals surface area contributed by atoms with Crippen molar-refractivity contribution in [3.63, 3.8) is 0 Å². The number of hydrogen-bond donors (Lipinski definition) is 2. The van der Waals surface area contributed by atoms with Crippen molar-refractivity contribution in [3.8, 4) is 0 Å². The van der Waals surface area contributed by atoms with Gasteiger partial charge in [-0.1, -0.05) is 12.1 Å². The minimum atomic E-state index is -0.260. The molecule has 1 aromatic heterocycles. The average molecular weight is 343 g/mol. The summed E-state index contributed by atoms with van der Waals surface area (Å²) in [5.41, 5.74) is 1.28. The number of benzene rings is 1. The molecule has 1 aromatic carbocycles. The normalized spacial score (nSPS) is 16.2. The number of carbonyl (C=O) groups excluding carboxylic acids is 1. The summed E-state index contributed by atoms with van der Waals surface area (Å²) in [4.78, 5) is 16.8. The lowest BCUT2D eigenvalue weighted by Gasteiger charge is -2.38. The summed E-state index contributed by atoms with van der Waals surface area (Å²) in [6, 6.07) is 10.0. The summed E-state index contributed by atoms with van der Waals surface area (Å²) >= 11 is 0. The fraction of sp³-hybridized carbons (Fsp3) is 0.368. The summed E-state index contributed by atoms with van der Waals surface area (Å²) < 4.78 is 18.8.